The number of hydrogen-bond acceptors (Lipinski definition) is 2. The van der Waals surface area contributed by atoms with Gasteiger partial charge in [-0.15, -0.1) is 0 Å². The van der Waals surface area contributed by atoms with Crippen molar-refractivity contribution in [1.29, 1.82) is 0 Å². The van der Waals surface area contributed by atoms with Gasteiger partial charge in [-0.1, -0.05) is 12.1 Å². The van der Waals surface area contributed by atoms with E-state index < -0.39 is 0 Å². The van der Waals surface area contributed by atoms with Gasteiger partial charge in [0.05, 0.1) is 5.69 Å². The third-order valence-corrected chi connectivity index (χ3v) is 2.77. The third kappa shape index (κ3) is 1.35. The van der Waals surface area contributed by atoms with E-state index in [4.69, 9.17) is 0 Å². The maximum atomic E-state index is 13.4. The summed E-state index contributed by atoms with van der Waals surface area (Å²) < 4.78 is 13.4. The molecule has 1 aliphatic rings. The Bertz CT molecular complexity index is 534. The third-order valence-electron chi connectivity index (χ3n) is 2.77. The maximum Gasteiger partial charge on any atom is 0.149 e. The molecule has 15 heavy (non-hydrogen) atoms. The Morgan fingerprint density at radius 2 is 2.13 bits per heavy atom. The van der Waals surface area contributed by atoms with E-state index in [0.717, 1.165) is 12.8 Å². The molecule has 0 radical (unpaired) electrons. The van der Waals surface area contributed by atoms with Crippen molar-refractivity contribution in [3.8, 4) is 5.75 Å². The smallest absolute Gasteiger partial charge is 0.149 e. The number of aromatic hydroxyl groups is 1. The lowest BCUT2D eigenvalue weighted by molar-refractivity contribution is 0.465. The summed E-state index contributed by atoms with van der Waals surface area (Å²) >= 11 is 0. The lowest BCUT2D eigenvalue weighted by Gasteiger charge is -2.05. The Morgan fingerprint density at radius 3 is 2.87 bits per heavy atom. The first-order valence-electron chi connectivity index (χ1n) is 5.04. The Morgan fingerprint density at radius 1 is 1.33 bits per heavy atom. The molecule has 3 heteroatoms. The van der Waals surface area contributed by atoms with E-state index in [9.17, 15) is 9.50 Å². The van der Waals surface area contributed by atoms with Crippen molar-refractivity contribution in [1.82, 2.24) is 4.98 Å². The molecule has 0 atom stereocenters. The van der Waals surface area contributed by atoms with Crippen LogP contribution in [0.3, 0.4) is 0 Å². The molecule has 76 valence electrons. The average Bonchev–Trinajstić information content (AvgIpc) is 3.01. The van der Waals surface area contributed by atoms with Gasteiger partial charge < -0.3 is 5.11 Å². The van der Waals surface area contributed by atoms with Crippen LogP contribution in [-0.4, -0.2) is 10.1 Å². The highest BCUT2D eigenvalue weighted by atomic mass is 19.1. The van der Waals surface area contributed by atoms with E-state index in [2.05, 4.69) is 4.98 Å². The summed E-state index contributed by atoms with van der Waals surface area (Å²) in [7, 11) is 0. The molecule has 0 saturated heterocycles. The van der Waals surface area contributed by atoms with Crippen molar-refractivity contribution in [3.05, 3.63) is 35.8 Å². The monoisotopic (exact) mass is 203 g/mol. The second-order valence-electron chi connectivity index (χ2n) is 3.98. The number of rotatable bonds is 1. The summed E-state index contributed by atoms with van der Waals surface area (Å²) in [5, 5.41) is 10.4. The van der Waals surface area contributed by atoms with Crippen LogP contribution in [0, 0.1) is 5.82 Å². The van der Waals surface area contributed by atoms with Gasteiger partial charge >= 0.3 is 0 Å². The van der Waals surface area contributed by atoms with Crippen LogP contribution in [0.25, 0.3) is 10.9 Å². The molecule has 1 aromatic heterocycles. The molecule has 1 fully saturated rings. The molecular formula is C12H10FNO. The summed E-state index contributed by atoms with van der Waals surface area (Å²) in [4.78, 5) is 4.21. The fraction of sp³-hybridized carbons (Fsp3) is 0.250. The normalized spacial score (nSPS) is 15.8. The number of benzene rings is 1. The zero-order chi connectivity index (χ0) is 10.4. The van der Waals surface area contributed by atoms with Gasteiger partial charge in [-0.2, -0.15) is 0 Å². The van der Waals surface area contributed by atoms with Crippen molar-refractivity contribution in [3.63, 3.8) is 0 Å². The number of aromatic nitrogens is 1. The summed E-state index contributed by atoms with van der Waals surface area (Å²) in [5.41, 5.74) is 1.00. The Balaban J connectivity index is 2.30. The molecule has 2 aromatic rings. The zero-order valence-corrected chi connectivity index (χ0v) is 8.07. The van der Waals surface area contributed by atoms with Crippen molar-refractivity contribution in [2.24, 2.45) is 0 Å². The van der Waals surface area contributed by atoms with Crippen molar-refractivity contribution < 1.29 is 9.50 Å². The molecule has 1 aromatic carbocycles. The van der Waals surface area contributed by atoms with E-state index in [1.165, 1.54) is 6.07 Å². The van der Waals surface area contributed by atoms with Crippen molar-refractivity contribution in [2.45, 2.75) is 18.8 Å². The lowest BCUT2D eigenvalue weighted by atomic mass is 10.1. The Hall–Kier alpha value is -1.64. The fourth-order valence-electron chi connectivity index (χ4n) is 1.82. The summed E-state index contributed by atoms with van der Waals surface area (Å²) in [6, 6.07) is 6.36. The lowest BCUT2D eigenvalue weighted by Crippen LogP contribution is -1.91. The molecule has 0 amide bonds. The zero-order valence-electron chi connectivity index (χ0n) is 8.07. The topological polar surface area (TPSA) is 33.1 Å². The first-order chi connectivity index (χ1) is 7.25. The second-order valence-corrected chi connectivity index (χ2v) is 3.98. The van der Waals surface area contributed by atoms with Crippen LogP contribution in [0.4, 0.5) is 4.39 Å². The van der Waals surface area contributed by atoms with Gasteiger partial charge in [0, 0.05) is 11.3 Å². The van der Waals surface area contributed by atoms with Crippen LogP contribution in [0.5, 0.6) is 5.75 Å². The van der Waals surface area contributed by atoms with Crippen LogP contribution in [-0.2, 0) is 0 Å². The van der Waals surface area contributed by atoms with Gasteiger partial charge in [0.25, 0.3) is 0 Å². The molecule has 1 heterocycles. The number of nitrogens with zero attached hydrogens (tertiary/aromatic N) is 1. The highest BCUT2D eigenvalue weighted by Crippen LogP contribution is 2.43. The Kier molecular flexibility index (Phi) is 1.69. The fourth-order valence-corrected chi connectivity index (χ4v) is 1.82. The minimum Gasteiger partial charge on any atom is -0.506 e. The minimum absolute atomic E-state index is 0.190. The first-order valence-corrected chi connectivity index (χ1v) is 5.04. The number of pyridine rings is 1. The molecular weight excluding hydrogens is 193 g/mol. The SMILES string of the molecule is Oc1cc2cccc(F)c2nc1C1CC1. The van der Waals surface area contributed by atoms with Crippen LogP contribution in [0.15, 0.2) is 24.3 Å². The number of para-hydroxylation sites is 1. The van der Waals surface area contributed by atoms with Crippen LogP contribution in [0.1, 0.15) is 24.5 Å². The molecule has 1 saturated carbocycles. The average molecular weight is 203 g/mol. The second kappa shape index (κ2) is 2.92. The summed E-state index contributed by atoms with van der Waals surface area (Å²) in [6.45, 7) is 0. The molecule has 0 spiro atoms. The predicted molar refractivity (Wildman–Crippen MR) is 55.3 cm³/mol. The minimum atomic E-state index is -0.325. The van der Waals surface area contributed by atoms with E-state index in [0.29, 0.717) is 22.5 Å². The molecule has 0 aliphatic heterocycles. The molecule has 1 N–H and O–H groups in total. The van der Waals surface area contributed by atoms with Gasteiger partial charge in [0.1, 0.15) is 17.1 Å². The number of halogens is 1. The van der Waals surface area contributed by atoms with E-state index in [-0.39, 0.29) is 11.6 Å². The summed E-state index contributed by atoms with van der Waals surface area (Å²) in [5.74, 6) is 0.194. The molecule has 0 unspecified atom stereocenters. The van der Waals surface area contributed by atoms with Crippen molar-refractivity contribution in [2.75, 3.05) is 0 Å². The van der Waals surface area contributed by atoms with E-state index >= 15 is 0 Å². The van der Waals surface area contributed by atoms with Crippen molar-refractivity contribution >= 4 is 10.9 Å². The van der Waals surface area contributed by atoms with E-state index in [1.54, 1.807) is 18.2 Å². The number of fused-ring (bicyclic) bond motifs is 1. The Labute approximate surface area is 86.4 Å². The van der Waals surface area contributed by atoms with Crippen LogP contribution >= 0.6 is 0 Å². The van der Waals surface area contributed by atoms with Gasteiger partial charge in [-0.25, -0.2) is 9.37 Å². The first kappa shape index (κ1) is 8.65. The molecule has 3 rings (SSSR count). The highest BCUT2D eigenvalue weighted by Gasteiger charge is 2.28. The molecule has 2 nitrogen and oxygen atoms in total. The van der Waals surface area contributed by atoms with Gasteiger partial charge in [0.2, 0.25) is 0 Å². The van der Waals surface area contributed by atoms with E-state index in [1.807, 2.05) is 0 Å². The molecule has 1 aliphatic carbocycles. The quantitative estimate of drug-likeness (QED) is 0.772. The van der Waals surface area contributed by atoms with Gasteiger partial charge in [-0.3, -0.25) is 0 Å². The largest absolute Gasteiger partial charge is 0.506 e. The molecule has 0 bridgehead atoms. The van der Waals surface area contributed by atoms with Gasteiger partial charge in [-0.05, 0) is 25.0 Å². The van der Waals surface area contributed by atoms with Crippen LogP contribution < -0.4 is 0 Å². The highest BCUT2D eigenvalue weighted by molar-refractivity contribution is 5.81. The summed E-state index contributed by atoms with van der Waals surface area (Å²) in [6.07, 6.45) is 2.08. The maximum absolute atomic E-state index is 13.4. The van der Waals surface area contributed by atoms with Gasteiger partial charge in [0.15, 0.2) is 0 Å². The predicted octanol–water partition coefficient (Wildman–Crippen LogP) is 2.96. The standard InChI is InChI=1S/C12H10FNO/c13-9-3-1-2-8-6-10(15)12(7-4-5-7)14-11(8)9/h1-3,6-7,15H,4-5H2. The number of hydrogen-bond donors (Lipinski definition) is 1. The van der Waals surface area contributed by atoms with Crippen LogP contribution in [0.2, 0.25) is 0 Å².